The van der Waals surface area contributed by atoms with Crippen LogP contribution in [0, 0.1) is 3.57 Å². The number of carbonyl (C=O) groups excluding carboxylic acids is 1. The highest BCUT2D eigenvalue weighted by Gasteiger charge is 2.11. The molecule has 0 saturated carbocycles. The number of nitrogens with one attached hydrogen (secondary N) is 1. The summed E-state index contributed by atoms with van der Waals surface area (Å²) in [5.74, 6) is -0.268. The Balaban J connectivity index is 2.05. The highest BCUT2D eigenvalue weighted by molar-refractivity contribution is 14.1. The van der Waals surface area contributed by atoms with Gasteiger partial charge in [-0.15, -0.1) is 11.3 Å². The number of rotatable bonds is 3. The van der Waals surface area contributed by atoms with Crippen molar-refractivity contribution in [1.82, 2.24) is 5.32 Å². The monoisotopic (exact) mass is 437 g/mol. The van der Waals surface area contributed by atoms with Crippen LogP contribution in [0.4, 0.5) is 0 Å². The maximum atomic E-state index is 11.9. The molecular formula is C12H9BrINO2S. The van der Waals surface area contributed by atoms with Crippen molar-refractivity contribution in [2.45, 2.75) is 6.54 Å². The third kappa shape index (κ3) is 3.46. The van der Waals surface area contributed by atoms with Gasteiger partial charge in [0.15, 0.2) is 0 Å². The van der Waals surface area contributed by atoms with E-state index in [-0.39, 0.29) is 11.7 Å². The molecule has 3 nitrogen and oxygen atoms in total. The third-order valence-electron chi connectivity index (χ3n) is 2.26. The fourth-order valence-corrected chi connectivity index (χ4v) is 3.31. The van der Waals surface area contributed by atoms with Gasteiger partial charge in [-0.2, -0.15) is 0 Å². The molecule has 0 aliphatic rings. The number of amides is 1. The molecule has 1 aromatic carbocycles. The maximum Gasteiger partial charge on any atom is 0.255 e. The Hall–Kier alpha value is -0.600. The van der Waals surface area contributed by atoms with Crippen molar-refractivity contribution in [1.29, 1.82) is 0 Å². The van der Waals surface area contributed by atoms with E-state index in [9.17, 15) is 9.90 Å². The summed E-state index contributed by atoms with van der Waals surface area (Å²) in [6.07, 6.45) is 0. The van der Waals surface area contributed by atoms with Crippen LogP contribution in [0.15, 0.2) is 34.1 Å². The smallest absolute Gasteiger partial charge is 0.255 e. The van der Waals surface area contributed by atoms with Gasteiger partial charge in [-0.3, -0.25) is 4.79 Å². The topological polar surface area (TPSA) is 49.3 Å². The zero-order valence-electron chi connectivity index (χ0n) is 9.11. The Labute approximate surface area is 130 Å². The molecule has 0 unspecified atom stereocenters. The lowest BCUT2D eigenvalue weighted by atomic mass is 10.2. The molecule has 2 N–H and O–H groups in total. The van der Waals surface area contributed by atoms with Crippen LogP contribution in [0.2, 0.25) is 0 Å². The summed E-state index contributed by atoms with van der Waals surface area (Å²) in [6.45, 7) is 0.458. The molecule has 2 rings (SSSR count). The van der Waals surface area contributed by atoms with Gasteiger partial charge < -0.3 is 10.4 Å². The van der Waals surface area contributed by atoms with Crippen molar-refractivity contribution >= 4 is 55.8 Å². The second-order valence-corrected chi connectivity index (χ2v) is 7.34. The normalized spacial score (nSPS) is 10.3. The van der Waals surface area contributed by atoms with Crippen molar-refractivity contribution in [2.75, 3.05) is 0 Å². The fraction of sp³-hybridized carbons (Fsp3) is 0.0833. The van der Waals surface area contributed by atoms with Crippen LogP contribution in [0.1, 0.15) is 15.2 Å². The van der Waals surface area contributed by atoms with E-state index in [1.807, 2.05) is 12.1 Å². The number of phenols is 1. The van der Waals surface area contributed by atoms with Crippen LogP contribution >= 0.6 is 49.9 Å². The van der Waals surface area contributed by atoms with Gasteiger partial charge in [-0.05, 0) is 68.9 Å². The second kappa shape index (κ2) is 6.03. The van der Waals surface area contributed by atoms with Gasteiger partial charge >= 0.3 is 0 Å². The van der Waals surface area contributed by atoms with Gasteiger partial charge in [0, 0.05) is 8.45 Å². The van der Waals surface area contributed by atoms with Crippen molar-refractivity contribution in [3.8, 4) is 5.75 Å². The zero-order chi connectivity index (χ0) is 13.1. The number of benzene rings is 1. The van der Waals surface area contributed by atoms with Crippen LogP contribution in [0.5, 0.6) is 5.75 Å². The number of aromatic hydroxyl groups is 1. The molecule has 6 heteroatoms. The number of halogens is 2. The third-order valence-corrected chi connectivity index (χ3v) is 4.55. The Morgan fingerprint density at radius 1 is 1.39 bits per heavy atom. The van der Waals surface area contributed by atoms with Crippen molar-refractivity contribution in [3.63, 3.8) is 0 Å². The molecule has 0 aliphatic heterocycles. The fourth-order valence-electron chi connectivity index (χ4n) is 1.40. The molecule has 0 atom stereocenters. The molecule has 0 radical (unpaired) electrons. The molecule has 2 aromatic rings. The second-order valence-electron chi connectivity index (χ2n) is 3.55. The number of hydrogen-bond acceptors (Lipinski definition) is 3. The highest BCUT2D eigenvalue weighted by atomic mass is 127. The van der Waals surface area contributed by atoms with Crippen LogP contribution < -0.4 is 5.32 Å². The number of hydrogen-bond donors (Lipinski definition) is 2. The number of thiophene rings is 1. The van der Waals surface area contributed by atoms with Gasteiger partial charge in [0.2, 0.25) is 0 Å². The Bertz CT molecular complexity index is 585. The molecule has 0 saturated heterocycles. The Morgan fingerprint density at radius 2 is 2.17 bits per heavy atom. The first-order valence-electron chi connectivity index (χ1n) is 5.07. The quantitative estimate of drug-likeness (QED) is 0.718. The minimum Gasteiger partial charge on any atom is -0.507 e. The van der Waals surface area contributed by atoms with Crippen LogP contribution in [0.3, 0.4) is 0 Å². The summed E-state index contributed by atoms with van der Waals surface area (Å²) in [6, 6.07) is 8.83. The van der Waals surface area contributed by atoms with Crippen LogP contribution in [-0.2, 0) is 6.54 Å². The first kappa shape index (κ1) is 13.8. The van der Waals surface area contributed by atoms with Gasteiger partial charge in [-0.1, -0.05) is 0 Å². The summed E-state index contributed by atoms with van der Waals surface area (Å²) in [7, 11) is 0. The van der Waals surface area contributed by atoms with E-state index >= 15 is 0 Å². The molecule has 0 aliphatic carbocycles. The predicted molar refractivity (Wildman–Crippen MR) is 84.0 cm³/mol. The molecule has 0 bridgehead atoms. The summed E-state index contributed by atoms with van der Waals surface area (Å²) in [5, 5.41) is 12.4. The van der Waals surface area contributed by atoms with E-state index in [1.165, 1.54) is 6.07 Å². The van der Waals surface area contributed by atoms with E-state index in [2.05, 4.69) is 43.8 Å². The first-order valence-corrected chi connectivity index (χ1v) is 7.76. The SMILES string of the molecule is O=C(NCc1ccc(Br)s1)c1cc(I)ccc1O. The molecule has 94 valence electrons. The average molecular weight is 438 g/mol. The molecule has 0 fully saturated rings. The first-order chi connectivity index (χ1) is 8.56. The lowest BCUT2D eigenvalue weighted by Gasteiger charge is -2.06. The molecule has 0 spiro atoms. The number of carbonyl (C=O) groups is 1. The minimum atomic E-state index is -0.268. The minimum absolute atomic E-state index is 0.000256. The molecule has 1 amide bonds. The van der Waals surface area contributed by atoms with Crippen molar-refractivity contribution in [3.05, 3.63) is 48.1 Å². The summed E-state index contributed by atoms with van der Waals surface area (Å²) in [4.78, 5) is 13.0. The van der Waals surface area contributed by atoms with Crippen molar-refractivity contribution < 1.29 is 9.90 Å². The van der Waals surface area contributed by atoms with E-state index < -0.39 is 0 Å². The summed E-state index contributed by atoms with van der Waals surface area (Å²) >= 11 is 7.04. The molecule has 18 heavy (non-hydrogen) atoms. The largest absolute Gasteiger partial charge is 0.507 e. The van der Waals surface area contributed by atoms with Gasteiger partial charge in [0.25, 0.3) is 5.91 Å². The zero-order valence-corrected chi connectivity index (χ0v) is 13.7. The van der Waals surface area contributed by atoms with E-state index in [1.54, 1.807) is 23.5 Å². The maximum absolute atomic E-state index is 11.9. The van der Waals surface area contributed by atoms with E-state index in [0.29, 0.717) is 12.1 Å². The molecule has 1 heterocycles. The van der Waals surface area contributed by atoms with Crippen LogP contribution in [0.25, 0.3) is 0 Å². The lowest BCUT2D eigenvalue weighted by Crippen LogP contribution is -2.22. The van der Waals surface area contributed by atoms with Crippen molar-refractivity contribution in [2.24, 2.45) is 0 Å². The lowest BCUT2D eigenvalue weighted by molar-refractivity contribution is 0.0948. The van der Waals surface area contributed by atoms with E-state index in [0.717, 1.165) is 12.2 Å². The predicted octanol–water partition coefficient (Wildman–Crippen LogP) is 3.75. The standard InChI is InChI=1S/C12H9BrINO2S/c13-11-4-2-8(18-11)6-15-12(17)9-5-7(14)1-3-10(9)16/h1-5,16H,6H2,(H,15,17). The summed E-state index contributed by atoms with van der Waals surface area (Å²) in [5.41, 5.74) is 0.303. The van der Waals surface area contributed by atoms with Crippen LogP contribution in [-0.4, -0.2) is 11.0 Å². The van der Waals surface area contributed by atoms with Gasteiger partial charge in [0.1, 0.15) is 5.75 Å². The van der Waals surface area contributed by atoms with E-state index in [4.69, 9.17) is 0 Å². The summed E-state index contributed by atoms with van der Waals surface area (Å²) < 4.78 is 1.94. The average Bonchev–Trinajstić information content (AvgIpc) is 2.75. The van der Waals surface area contributed by atoms with Gasteiger partial charge in [-0.25, -0.2) is 0 Å². The Kier molecular flexibility index (Phi) is 4.63. The Morgan fingerprint density at radius 3 is 2.83 bits per heavy atom. The van der Waals surface area contributed by atoms with Gasteiger partial charge in [0.05, 0.1) is 15.9 Å². The number of phenolic OH excluding ortho intramolecular Hbond substituents is 1. The molecular weight excluding hydrogens is 429 g/mol. The molecule has 1 aromatic heterocycles. The highest BCUT2D eigenvalue weighted by Crippen LogP contribution is 2.23.